The molecule has 1 aliphatic rings. The molecule has 2 aromatic rings. The van der Waals surface area contributed by atoms with Crippen LogP contribution >= 0.6 is 11.6 Å². The number of nitrogens with zero attached hydrogens (tertiary/aromatic N) is 1. The summed E-state index contributed by atoms with van der Waals surface area (Å²) in [4.78, 5) is 60.8. The van der Waals surface area contributed by atoms with Crippen molar-refractivity contribution >= 4 is 41.2 Å². The molecule has 0 aliphatic carbocycles. The van der Waals surface area contributed by atoms with Crippen LogP contribution < -0.4 is 21.0 Å². The smallest absolute Gasteiger partial charge is 0.311 e. The molecule has 34 heavy (non-hydrogen) atoms. The molecule has 2 aromatic carbocycles. The van der Waals surface area contributed by atoms with Gasteiger partial charge in [-0.25, -0.2) is 0 Å². The number of amides is 4. The van der Waals surface area contributed by atoms with Crippen LogP contribution in [0.25, 0.3) is 0 Å². The van der Waals surface area contributed by atoms with E-state index in [1.165, 1.54) is 37.4 Å². The van der Waals surface area contributed by atoms with Gasteiger partial charge in [0, 0.05) is 17.0 Å². The van der Waals surface area contributed by atoms with E-state index in [1.54, 1.807) is 18.2 Å². The van der Waals surface area contributed by atoms with Crippen molar-refractivity contribution in [3.8, 4) is 5.75 Å². The molecule has 1 atom stereocenters. The van der Waals surface area contributed by atoms with Gasteiger partial charge < -0.3 is 9.47 Å². The molecule has 3 N–H and O–H groups in total. The number of esters is 1. The second-order valence-corrected chi connectivity index (χ2v) is 7.60. The molecule has 1 aliphatic heterocycles. The van der Waals surface area contributed by atoms with Crippen LogP contribution in [0.1, 0.15) is 27.1 Å². The van der Waals surface area contributed by atoms with Crippen molar-refractivity contribution in [1.29, 1.82) is 0 Å². The van der Waals surface area contributed by atoms with E-state index < -0.39 is 42.1 Å². The first-order valence-electron chi connectivity index (χ1n) is 10.0. The highest BCUT2D eigenvalue weighted by Gasteiger charge is 2.37. The number of halogens is 1. The Morgan fingerprint density at radius 1 is 1.03 bits per heavy atom. The molecule has 0 spiro atoms. The fourth-order valence-corrected chi connectivity index (χ4v) is 3.21. The summed E-state index contributed by atoms with van der Waals surface area (Å²) < 4.78 is 10.1. The highest BCUT2D eigenvalue weighted by atomic mass is 35.5. The fraction of sp³-hybridized carbons (Fsp3) is 0.227. The van der Waals surface area contributed by atoms with Crippen molar-refractivity contribution in [2.45, 2.75) is 6.42 Å². The van der Waals surface area contributed by atoms with Crippen LogP contribution in [0, 0.1) is 5.92 Å². The number of para-hydroxylation sites is 1. The van der Waals surface area contributed by atoms with E-state index in [0.29, 0.717) is 10.8 Å². The van der Waals surface area contributed by atoms with Crippen LogP contribution in [0.3, 0.4) is 0 Å². The second-order valence-electron chi connectivity index (χ2n) is 7.16. The average molecular weight is 489 g/mol. The van der Waals surface area contributed by atoms with Crippen molar-refractivity contribution in [3.05, 3.63) is 64.7 Å². The van der Waals surface area contributed by atoms with E-state index in [2.05, 4.69) is 16.3 Å². The van der Waals surface area contributed by atoms with E-state index in [9.17, 15) is 24.0 Å². The maximum absolute atomic E-state index is 12.5. The minimum atomic E-state index is -0.873. The highest BCUT2D eigenvalue weighted by molar-refractivity contribution is 6.30. The summed E-state index contributed by atoms with van der Waals surface area (Å²) in [6.07, 6.45) is -0.194. The fourth-order valence-electron chi connectivity index (χ4n) is 3.08. The Bertz CT molecular complexity index is 1110. The average Bonchev–Trinajstić information content (AvgIpc) is 3.21. The summed E-state index contributed by atoms with van der Waals surface area (Å²) in [5.41, 5.74) is 7.23. The summed E-state index contributed by atoms with van der Waals surface area (Å²) in [5.74, 6) is -3.75. The van der Waals surface area contributed by atoms with Gasteiger partial charge in [0.25, 0.3) is 17.7 Å². The predicted molar refractivity (Wildman–Crippen MR) is 118 cm³/mol. The van der Waals surface area contributed by atoms with Gasteiger partial charge in [0.2, 0.25) is 5.91 Å². The van der Waals surface area contributed by atoms with Crippen molar-refractivity contribution in [2.24, 2.45) is 5.92 Å². The molecule has 11 nitrogen and oxygen atoms in total. The monoisotopic (exact) mass is 488 g/mol. The van der Waals surface area contributed by atoms with Crippen LogP contribution in [-0.4, -0.2) is 54.9 Å². The van der Waals surface area contributed by atoms with Gasteiger partial charge in [0.05, 0.1) is 25.1 Å². The van der Waals surface area contributed by atoms with Crippen LogP contribution in [-0.2, 0) is 19.1 Å². The van der Waals surface area contributed by atoms with Gasteiger partial charge >= 0.3 is 5.97 Å². The van der Waals surface area contributed by atoms with Gasteiger partial charge in [-0.2, -0.15) is 0 Å². The molecular weight excluding hydrogens is 468 g/mol. The van der Waals surface area contributed by atoms with Gasteiger partial charge in [0.15, 0.2) is 6.61 Å². The van der Waals surface area contributed by atoms with Crippen LogP contribution in [0.2, 0.25) is 5.02 Å². The number of benzene rings is 2. The summed E-state index contributed by atoms with van der Waals surface area (Å²) in [5, 5.41) is 1.48. The largest absolute Gasteiger partial charge is 0.496 e. The van der Waals surface area contributed by atoms with Crippen molar-refractivity contribution in [2.75, 3.05) is 20.3 Å². The normalized spacial score (nSPS) is 14.8. The van der Waals surface area contributed by atoms with Crippen LogP contribution in [0.4, 0.5) is 0 Å². The Hall–Kier alpha value is -4.12. The minimum absolute atomic E-state index is 0.118. The van der Waals surface area contributed by atoms with E-state index in [-0.39, 0.29) is 24.1 Å². The molecule has 12 heteroatoms. The number of hydrogen-bond donors (Lipinski definition) is 3. The molecule has 0 aromatic heterocycles. The quantitative estimate of drug-likeness (QED) is 0.387. The molecule has 0 bridgehead atoms. The molecule has 4 amide bonds. The zero-order valence-electron chi connectivity index (χ0n) is 18.0. The number of ether oxygens (including phenoxy) is 2. The molecule has 1 saturated heterocycles. The minimum Gasteiger partial charge on any atom is -0.496 e. The van der Waals surface area contributed by atoms with Crippen LogP contribution in [0.15, 0.2) is 48.5 Å². The first-order valence-corrected chi connectivity index (χ1v) is 10.4. The van der Waals surface area contributed by atoms with E-state index in [1.807, 2.05) is 0 Å². The summed E-state index contributed by atoms with van der Waals surface area (Å²) >= 11 is 5.75. The lowest BCUT2D eigenvalue weighted by Crippen LogP contribution is -2.44. The predicted octanol–water partition coefficient (Wildman–Crippen LogP) is 0.846. The van der Waals surface area contributed by atoms with Gasteiger partial charge in [-0.15, -0.1) is 0 Å². The van der Waals surface area contributed by atoms with E-state index in [4.69, 9.17) is 21.1 Å². The lowest BCUT2D eigenvalue weighted by molar-refractivity contribution is -0.152. The third kappa shape index (κ3) is 6.23. The standard InChI is InChI=1S/C22H21ClN4O7/c1-33-17-5-3-2-4-16(17)21(31)26-27-11-14(10-19(27)29)22(32)34-12-18(28)24-25-20(30)13-6-8-15(23)9-7-13/h2-9,14H,10-12H2,1H3,(H,24,28)(H,25,30)(H,26,31)/t14-/m1/s1. The topological polar surface area (TPSA) is 143 Å². The van der Waals surface area contributed by atoms with Crippen molar-refractivity contribution < 1.29 is 33.4 Å². The Morgan fingerprint density at radius 2 is 1.74 bits per heavy atom. The van der Waals surface area contributed by atoms with Gasteiger partial charge in [-0.05, 0) is 36.4 Å². The molecule has 3 rings (SSSR count). The number of methoxy groups -OCH3 is 1. The third-order valence-corrected chi connectivity index (χ3v) is 5.07. The van der Waals surface area contributed by atoms with E-state index >= 15 is 0 Å². The molecule has 1 fully saturated rings. The number of nitrogens with one attached hydrogen (secondary N) is 3. The lowest BCUT2D eigenvalue weighted by Gasteiger charge is -2.18. The van der Waals surface area contributed by atoms with Gasteiger partial charge in [-0.1, -0.05) is 23.7 Å². The molecule has 0 radical (unpaired) electrons. The molecular formula is C22H21ClN4O7. The molecule has 1 heterocycles. The maximum Gasteiger partial charge on any atom is 0.311 e. The van der Waals surface area contributed by atoms with Crippen molar-refractivity contribution in [3.63, 3.8) is 0 Å². The number of hydrazine groups is 2. The number of rotatable bonds is 7. The number of hydrogen-bond acceptors (Lipinski definition) is 7. The van der Waals surface area contributed by atoms with E-state index in [0.717, 1.165) is 5.01 Å². The second kappa shape index (κ2) is 11.1. The molecule has 0 unspecified atom stereocenters. The van der Waals surface area contributed by atoms with Crippen molar-refractivity contribution in [1.82, 2.24) is 21.3 Å². The zero-order valence-corrected chi connectivity index (χ0v) is 18.8. The van der Waals surface area contributed by atoms with Gasteiger partial charge in [0.1, 0.15) is 5.75 Å². The first kappa shape index (κ1) is 24.5. The first-order chi connectivity index (χ1) is 16.3. The Labute approximate surface area is 199 Å². The Morgan fingerprint density at radius 3 is 2.44 bits per heavy atom. The summed E-state index contributed by atoms with van der Waals surface area (Å²) in [6, 6.07) is 12.5. The summed E-state index contributed by atoms with van der Waals surface area (Å²) in [6.45, 7) is -0.786. The van der Waals surface area contributed by atoms with Gasteiger partial charge in [-0.3, -0.25) is 45.3 Å². The Kier molecular flexibility index (Phi) is 8.04. The highest BCUT2D eigenvalue weighted by Crippen LogP contribution is 2.20. The zero-order chi connectivity index (χ0) is 24.7. The molecule has 178 valence electrons. The third-order valence-electron chi connectivity index (χ3n) is 4.81. The SMILES string of the molecule is COc1ccccc1C(=O)NN1C[C@H](C(=O)OCC(=O)NNC(=O)c2ccc(Cl)cc2)CC1=O. The number of carbonyl (C=O) groups is 5. The maximum atomic E-state index is 12.5. The van der Waals surface area contributed by atoms with Crippen LogP contribution in [0.5, 0.6) is 5.75 Å². The number of carbonyl (C=O) groups excluding carboxylic acids is 5. The summed E-state index contributed by atoms with van der Waals surface area (Å²) in [7, 11) is 1.42. The lowest BCUT2D eigenvalue weighted by atomic mass is 10.1. The molecule has 0 saturated carbocycles. The Balaban J connectivity index is 1.44.